The molecule has 1 aromatic heterocycles. The number of hydrogen-bond acceptors (Lipinski definition) is 4. The Morgan fingerprint density at radius 1 is 1.24 bits per heavy atom. The highest BCUT2D eigenvalue weighted by Crippen LogP contribution is 2.34. The van der Waals surface area contributed by atoms with E-state index in [0.717, 1.165) is 8.26 Å². The molecule has 110 valence electrons. The van der Waals surface area contributed by atoms with Crippen LogP contribution < -0.4 is 5.32 Å². The summed E-state index contributed by atoms with van der Waals surface area (Å²) in [5.74, 6) is -0.328. The fraction of sp³-hybridized carbons (Fsp3) is 0.0833. The molecule has 0 saturated carbocycles. The third-order valence-corrected chi connectivity index (χ3v) is 6.51. The van der Waals surface area contributed by atoms with E-state index in [1.807, 2.05) is 0 Å². The largest absolute Gasteiger partial charge is 0.320 e. The highest BCUT2D eigenvalue weighted by atomic mass is 79.9. The van der Waals surface area contributed by atoms with Crippen molar-refractivity contribution in [2.24, 2.45) is 0 Å². The van der Waals surface area contributed by atoms with E-state index in [0.29, 0.717) is 20.6 Å². The number of hydrogen-bond donors (Lipinski definition) is 1. The number of nitrogens with one attached hydrogen (secondary N) is 1. The van der Waals surface area contributed by atoms with Gasteiger partial charge in [0, 0.05) is 20.6 Å². The molecule has 2 rings (SSSR count). The third-order valence-electron chi connectivity index (χ3n) is 2.60. The molecule has 9 heteroatoms. The van der Waals surface area contributed by atoms with Crippen molar-refractivity contribution in [1.82, 2.24) is 0 Å². The van der Waals surface area contributed by atoms with E-state index in [4.69, 9.17) is 0 Å². The van der Waals surface area contributed by atoms with Gasteiger partial charge in [-0.25, -0.2) is 0 Å². The second-order valence-electron chi connectivity index (χ2n) is 4.06. The summed E-state index contributed by atoms with van der Waals surface area (Å²) in [6.45, 7) is 1.64. The molecule has 0 aliphatic rings. The van der Waals surface area contributed by atoms with Crippen LogP contribution in [-0.2, 0) is 0 Å². The Labute approximate surface area is 149 Å². The first-order valence-corrected chi connectivity index (χ1v) is 8.70. The van der Waals surface area contributed by atoms with Gasteiger partial charge in [0.05, 0.1) is 19.3 Å². The number of amides is 1. The third kappa shape index (κ3) is 3.71. The second kappa shape index (κ2) is 6.55. The maximum absolute atomic E-state index is 12.2. The second-order valence-corrected chi connectivity index (χ2v) is 8.14. The predicted molar refractivity (Wildman–Crippen MR) is 93.2 cm³/mol. The van der Waals surface area contributed by atoms with E-state index in [-0.39, 0.29) is 11.6 Å². The molecule has 0 aliphatic carbocycles. The molecule has 0 radical (unpaired) electrons. The van der Waals surface area contributed by atoms with Crippen LogP contribution in [0.4, 0.5) is 11.4 Å². The lowest BCUT2D eigenvalue weighted by atomic mass is 10.2. The molecule has 0 spiro atoms. The number of aryl methyl sites for hydroxylation is 1. The lowest BCUT2D eigenvalue weighted by molar-refractivity contribution is -0.385. The van der Waals surface area contributed by atoms with Gasteiger partial charge in [-0.3, -0.25) is 14.9 Å². The molecule has 0 fully saturated rings. The van der Waals surface area contributed by atoms with Crippen LogP contribution in [0.15, 0.2) is 30.9 Å². The van der Waals surface area contributed by atoms with E-state index < -0.39 is 4.92 Å². The molecule has 1 amide bonds. The van der Waals surface area contributed by atoms with Gasteiger partial charge in [-0.1, -0.05) is 0 Å². The zero-order chi connectivity index (χ0) is 15.7. The number of nitro groups is 1. The fourth-order valence-corrected chi connectivity index (χ4v) is 4.08. The molecule has 0 saturated heterocycles. The first kappa shape index (κ1) is 16.6. The Bertz CT molecular complexity index is 726. The molecule has 1 aromatic carbocycles. The summed E-state index contributed by atoms with van der Waals surface area (Å²) >= 11 is 11.2. The first-order valence-electron chi connectivity index (χ1n) is 5.50. The standard InChI is InChI=1S/C12H7Br3N2O3S/c1-5-2-6(13)8(4-9(5)17(19)20)16-12(18)10-3-7(14)11(15)21-10/h2-4H,1H3,(H,16,18). The van der Waals surface area contributed by atoms with Crippen LogP contribution in [-0.4, -0.2) is 10.8 Å². The van der Waals surface area contributed by atoms with Crippen molar-refractivity contribution in [3.8, 4) is 0 Å². The number of thiophene rings is 1. The number of nitro benzene ring substituents is 1. The average Bonchev–Trinajstić information content (AvgIpc) is 2.72. The molecule has 1 heterocycles. The van der Waals surface area contributed by atoms with Gasteiger partial charge in [0.2, 0.25) is 0 Å². The van der Waals surface area contributed by atoms with E-state index in [2.05, 4.69) is 53.1 Å². The summed E-state index contributed by atoms with van der Waals surface area (Å²) in [7, 11) is 0. The van der Waals surface area contributed by atoms with Crippen LogP contribution in [0.3, 0.4) is 0 Å². The van der Waals surface area contributed by atoms with Crippen LogP contribution in [0.5, 0.6) is 0 Å². The maximum atomic E-state index is 12.2. The van der Waals surface area contributed by atoms with E-state index in [1.54, 1.807) is 19.1 Å². The Hall–Kier alpha value is -0.770. The summed E-state index contributed by atoms with van der Waals surface area (Å²) in [5, 5.41) is 13.6. The molecule has 2 aromatic rings. The van der Waals surface area contributed by atoms with Crippen molar-refractivity contribution in [3.63, 3.8) is 0 Å². The summed E-state index contributed by atoms with van der Waals surface area (Å²) < 4.78 is 2.18. The minimum absolute atomic E-state index is 0.0398. The number of carbonyl (C=O) groups excluding carboxylic acids is 1. The Morgan fingerprint density at radius 2 is 1.90 bits per heavy atom. The zero-order valence-corrected chi connectivity index (χ0v) is 16.0. The summed E-state index contributed by atoms with van der Waals surface area (Å²) in [4.78, 5) is 23.1. The normalized spacial score (nSPS) is 10.5. The molecule has 1 N–H and O–H groups in total. The first-order chi connectivity index (χ1) is 9.79. The van der Waals surface area contributed by atoms with Crippen LogP contribution >= 0.6 is 59.1 Å². The molecular weight excluding hydrogens is 492 g/mol. The fourth-order valence-electron chi connectivity index (χ4n) is 1.60. The van der Waals surface area contributed by atoms with Crippen molar-refractivity contribution in [1.29, 1.82) is 0 Å². The molecule has 0 aliphatic heterocycles. The van der Waals surface area contributed by atoms with Crippen LogP contribution in [0.2, 0.25) is 0 Å². The summed E-state index contributed by atoms with van der Waals surface area (Å²) in [6, 6.07) is 4.63. The quantitative estimate of drug-likeness (QED) is 0.448. The van der Waals surface area contributed by atoms with Crippen molar-refractivity contribution in [2.75, 3.05) is 5.32 Å². The molecule has 0 unspecified atom stereocenters. The highest BCUT2D eigenvalue weighted by molar-refractivity contribution is 9.13. The number of benzene rings is 1. The number of rotatable bonds is 3. The van der Waals surface area contributed by atoms with Gasteiger partial charge in [0.25, 0.3) is 11.6 Å². The van der Waals surface area contributed by atoms with Gasteiger partial charge in [-0.15, -0.1) is 11.3 Å². The number of carbonyl (C=O) groups is 1. The van der Waals surface area contributed by atoms with Gasteiger partial charge in [-0.2, -0.15) is 0 Å². The van der Waals surface area contributed by atoms with Gasteiger partial charge >= 0.3 is 0 Å². The van der Waals surface area contributed by atoms with Gasteiger partial charge in [-0.05, 0) is 66.8 Å². The number of anilines is 1. The van der Waals surface area contributed by atoms with Crippen molar-refractivity contribution >= 4 is 76.4 Å². The molecule has 0 bridgehead atoms. The van der Waals surface area contributed by atoms with Crippen molar-refractivity contribution in [2.45, 2.75) is 6.92 Å². The molecule has 21 heavy (non-hydrogen) atoms. The SMILES string of the molecule is Cc1cc(Br)c(NC(=O)c2cc(Br)c(Br)s2)cc1[N+](=O)[O-]. The van der Waals surface area contributed by atoms with Crippen LogP contribution in [0, 0.1) is 17.0 Å². The highest BCUT2D eigenvalue weighted by Gasteiger charge is 2.18. The summed E-state index contributed by atoms with van der Waals surface area (Å²) in [5.41, 5.74) is 0.839. The minimum atomic E-state index is -0.476. The van der Waals surface area contributed by atoms with Gasteiger partial charge in [0.1, 0.15) is 0 Å². The van der Waals surface area contributed by atoms with Gasteiger partial charge < -0.3 is 5.32 Å². The number of halogens is 3. The average molecular weight is 499 g/mol. The van der Waals surface area contributed by atoms with E-state index in [9.17, 15) is 14.9 Å². The zero-order valence-electron chi connectivity index (χ0n) is 10.4. The van der Waals surface area contributed by atoms with Crippen LogP contribution in [0.25, 0.3) is 0 Å². The topological polar surface area (TPSA) is 72.2 Å². The molecular formula is C12H7Br3N2O3S. The van der Waals surface area contributed by atoms with Crippen molar-refractivity contribution < 1.29 is 9.72 Å². The lowest BCUT2D eigenvalue weighted by Gasteiger charge is -2.07. The minimum Gasteiger partial charge on any atom is -0.320 e. The predicted octanol–water partition coefficient (Wildman–Crippen LogP) is 5.50. The summed E-state index contributed by atoms with van der Waals surface area (Å²) in [6.07, 6.45) is 0. The van der Waals surface area contributed by atoms with Gasteiger partial charge in [0.15, 0.2) is 0 Å². The smallest absolute Gasteiger partial charge is 0.274 e. The lowest BCUT2D eigenvalue weighted by Crippen LogP contribution is -2.11. The molecule has 5 nitrogen and oxygen atoms in total. The number of nitrogens with zero attached hydrogens (tertiary/aromatic N) is 1. The maximum Gasteiger partial charge on any atom is 0.274 e. The monoisotopic (exact) mass is 496 g/mol. The van der Waals surface area contributed by atoms with Crippen molar-refractivity contribution in [3.05, 3.63) is 51.5 Å². The molecule has 0 atom stereocenters. The van der Waals surface area contributed by atoms with E-state index >= 15 is 0 Å². The van der Waals surface area contributed by atoms with E-state index in [1.165, 1.54) is 17.4 Å². The Balaban J connectivity index is 2.33. The van der Waals surface area contributed by atoms with Crippen LogP contribution in [0.1, 0.15) is 15.2 Å². The Kier molecular flexibility index (Phi) is 5.18. The Morgan fingerprint density at radius 3 is 2.43 bits per heavy atom.